The summed E-state index contributed by atoms with van der Waals surface area (Å²) in [5.74, 6) is 0. The van der Waals surface area contributed by atoms with Crippen molar-refractivity contribution < 1.29 is 0 Å². The smallest absolute Gasteiger partial charge is 0.0442 e. The SMILES string of the molecule is [CH2]CCCCC[Si](C)(C)C. The Bertz CT molecular complexity index is 71.3. The van der Waals surface area contributed by atoms with Crippen molar-refractivity contribution in [1.29, 1.82) is 0 Å². The molecule has 0 unspecified atom stereocenters. The maximum Gasteiger partial charge on any atom is 0.0442 e. The van der Waals surface area contributed by atoms with Crippen LogP contribution in [0.3, 0.4) is 0 Å². The van der Waals surface area contributed by atoms with Crippen LogP contribution in [0, 0.1) is 6.92 Å². The van der Waals surface area contributed by atoms with Crippen LogP contribution in [0.1, 0.15) is 25.7 Å². The summed E-state index contributed by atoms with van der Waals surface area (Å²) in [6.07, 6.45) is 5.27. The predicted molar refractivity (Wildman–Crippen MR) is 52.0 cm³/mol. The average Bonchev–Trinajstić information content (AvgIpc) is 1.78. The molecule has 0 rings (SSSR count). The van der Waals surface area contributed by atoms with Crippen molar-refractivity contribution in [3.8, 4) is 0 Å². The van der Waals surface area contributed by atoms with Gasteiger partial charge in [0.25, 0.3) is 0 Å². The average molecular weight is 157 g/mol. The van der Waals surface area contributed by atoms with E-state index in [9.17, 15) is 0 Å². The third-order valence-electron chi connectivity index (χ3n) is 1.68. The van der Waals surface area contributed by atoms with Gasteiger partial charge in [0.15, 0.2) is 0 Å². The minimum Gasteiger partial charge on any atom is -0.0695 e. The second-order valence-electron chi connectivity index (χ2n) is 4.22. The Kier molecular flexibility index (Phi) is 5.05. The van der Waals surface area contributed by atoms with Crippen LogP contribution in [0.5, 0.6) is 0 Å². The summed E-state index contributed by atoms with van der Waals surface area (Å²) in [6.45, 7) is 11.2. The zero-order valence-corrected chi connectivity index (χ0v) is 8.74. The predicted octanol–water partition coefficient (Wildman–Crippen LogP) is 3.72. The Morgan fingerprint density at radius 3 is 2.00 bits per heavy atom. The molecule has 0 aliphatic carbocycles. The molecule has 1 heteroatoms. The number of unbranched alkanes of at least 4 members (excludes halogenated alkanes) is 3. The monoisotopic (exact) mass is 157 g/mol. The Morgan fingerprint density at radius 1 is 1.00 bits per heavy atom. The van der Waals surface area contributed by atoms with E-state index in [1.54, 1.807) is 0 Å². The normalized spacial score (nSPS) is 12.0. The maximum atomic E-state index is 3.83. The van der Waals surface area contributed by atoms with Gasteiger partial charge in [-0.25, -0.2) is 0 Å². The summed E-state index contributed by atoms with van der Waals surface area (Å²) < 4.78 is 0. The lowest BCUT2D eigenvalue weighted by molar-refractivity contribution is 0.721. The molecule has 0 saturated heterocycles. The molecule has 0 aliphatic heterocycles. The molecule has 0 atom stereocenters. The van der Waals surface area contributed by atoms with E-state index in [0.717, 1.165) is 6.42 Å². The lowest BCUT2D eigenvalue weighted by atomic mass is 10.2. The molecule has 0 amide bonds. The fraction of sp³-hybridized carbons (Fsp3) is 0.889. The largest absolute Gasteiger partial charge is 0.0695 e. The molecule has 0 nitrogen and oxygen atoms in total. The Hall–Kier alpha value is 0.217. The zero-order valence-electron chi connectivity index (χ0n) is 7.74. The zero-order chi connectivity index (χ0) is 8.04. The molecule has 0 fully saturated rings. The second kappa shape index (κ2) is 4.95. The third-order valence-corrected chi connectivity index (χ3v) is 3.53. The second-order valence-corrected chi connectivity index (χ2v) is 9.85. The molecule has 10 heavy (non-hydrogen) atoms. The third kappa shape index (κ3) is 8.22. The number of hydrogen-bond donors (Lipinski definition) is 0. The molecular formula is C9H21Si. The van der Waals surface area contributed by atoms with Gasteiger partial charge in [0.05, 0.1) is 0 Å². The Labute approximate surface area is 67.0 Å². The topological polar surface area (TPSA) is 0 Å². The first kappa shape index (κ1) is 10.2. The van der Waals surface area contributed by atoms with Crippen LogP contribution < -0.4 is 0 Å². The number of rotatable bonds is 5. The van der Waals surface area contributed by atoms with E-state index in [1.807, 2.05) is 0 Å². The first-order valence-corrected chi connectivity index (χ1v) is 8.06. The molecule has 0 aliphatic rings. The molecule has 0 aromatic heterocycles. The lowest BCUT2D eigenvalue weighted by Gasteiger charge is -2.14. The van der Waals surface area contributed by atoms with Crippen LogP contribution in [-0.4, -0.2) is 8.07 Å². The Morgan fingerprint density at radius 2 is 1.60 bits per heavy atom. The molecule has 0 aromatic carbocycles. The molecule has 0 bridgehead atoms. The van der Waals surface area contributed by atoms with E-state index in [1.165, 1.54) is 25.3 Å². The molecule has 0 saturated carbocycles. The van der Waals surface area contributed by atoms with Gasteiger partial charge in [0, 0.05) is 8.07 Å². The highest BCUT2D eigenvalue weighted by atomic mass is 28.3. The minimum atomic E-state index is -0.728. The van der Waals surface area contributed by atoms with Gasteiger partial charge in [-0.05, 0) is 0 Å². The van der Waals surface area contributed by atoms with E-state index in [2.05, 4.69) is 26.6 Å². The molecule has 0 N–H and O–H groups in total. The van der Waals surface area contributed by atoms with Crippen LogP contribution >= 0.6 is 0 Å². The van der Waals surface area contributed by atoms with Gasteiger partial charge in [-0.15, -0.1) is 0 Å². The molecule has 1 radical (unpaired) electrons. The fourth-order valence-electron chi connectivity index (χ4n) is 1.01. The van der Waals surface area contributed by atoms with Crippen LogP contribution in [-0.2, 0) is 0 Å². The highest BCUT2D eigenvalue weighted by Gasteiger charge is 2.10. The van der Waals surface area contributed by atoms with Gasteiger partial charge in [-0.1, -0.05) is 58.3 Å². The van der Waals surface area contributed by atoms with Crippen LogP contribution in [0.2, 0.25) is 25.7 Å². The van der Waals surface area contributed by atoms with Crippen LogP contribution in [0.4, 0.5) is 0 Å². The van der Waals surface area contributed by atoms with Crippen molar-refractivity contribution >= 4 is 8.07 Å². The summed E-state index contributed by atoms with van der Waals surface area (Å²) in [4.78, 5) is 0. The highest BCUT2D eigenvalue weighted by molar-refractivity contribution is 6.76. The van der Waals surface area contributed by atoms with Gasteiger partial charge >= 0.3 is 0 Å². The van der Waals surface area contributed by atoms with Gasteiger partial charge in [0.1, 0.15) is 0 Å². The van der Waals surface area contributed by atoms with E-state index in [-0.39, 0.29) is 0 Å². The molecule has 0 aromatic rings. The summed E-state index contributed by atoms with van der Waals surface area (Å²) >= 11 is 0. The molecule has 0 heterocycles. The maximum absolute atomic E-state index is 3.83. The molecule has 0 spiro atoms. The highest BCUT2D eigenvalue weighted by Crippen LogP contribution is 2.13. The van der Waals surface area contributed by atoms with Crippen molar-refractivity contribution in [1.82, 2.24) is 0 Å². The fourth-order valence-corrected chi connectivity index (χ4v) is 2.32. The van der Waals surface area contributed by atoms with E-state index < -0.39 is 8.07 Å². The van der Waals surface area contributed by atoms with E-state index >= 15 is 0 Å². The summed E-state index contributed by atoms with van der Waals surface area (Å²) in [6, 6.07) is 1.49. The first-order valence-electron chi connectivity index (χ1n) is 4.35. The van der Waals surface area contributed by atoms with Gasteiger partial charge in [-0.3, -0.25) is 0 Å². The van der Waals surface area contributed by atoms with E-state index in [4.69, 9.17) is 0 Å². The van der Waals surface area contributed by atoms with Crippen LogP contribution in [0.25, 0.3) is 0 Å². The standard InChI is InChI=1S/C9H21Si/c1-5-6-7-8-9-10(2,3)4/h1,5-9H2,2-4H3. The lowest BCUT2D eigenvalue weighted by Crippen LogP contribution is -2.18. The molecular weight excluding hydrogens is 136 g/mol. The van der Waals surface area contributed by atoms with Crippen molar-refractivity contribution in [2.45, 2.75) is 51.4 Å². The van der Waals surface area contributed by atoms with Gasteiger partial charge in [0.2, 0.25) is 0 Å². The van der Waals surface area contributed by atoms with Crippen LogP contribution in [0.15, 0.2) is 0 Å². The molecule has 61 valence electrons. The summed E-state index contributed by atoms with van der Waals surface area (Å²) in [5.41, 5.74) is 0. The van der Waals surface area contributed by atoms with Crippen molar-refractivity contribution in [2.24, 2.45) is 0 Å². The number of hydrogen-bond acceptors (Lipinski definition) is 0. The van der Waals surface area contributed by atoms with Crippen molar-refractivity contribution in [3.05, 3.63) is 6.92 Å². The Balaban J connectivity index is 3.04. The summed E-state index contributed by atoms with van der Waals surface area (Å²) in [7, 11) is -0.728. The van der Waals surface area contributed by atoms with E-state index in [0.29, 0.717) is 0 Å². The van der Waals surface area contributed by atoms with Crippen molar-refractivity contribution in [3.63, 3.8) is 0 Å². The minimum absolute atomic E-state index is 0.728. The summed E-state index contributed by atoms with van der Waals surface area (Å²) in [5, 5.41) is 0. The first-order chi connectivity index (χ1) is 4.56. The van der Waals surface area contributed by atoms with Gasteiger partial charge in [-0.2, -0.15) is 0 Å². The quantitative estimate of drug-likeness (QED) is 0.421. The van der Waals surface area contributed by atoms with Crippen molar-refractivity contribution in [2.75, 3.05) is 0 Å². The van der Waals surface area contributed by atoms with Gasteiger partial charge < -0.3 is 0 Å².